The van der Waals surface area contributed by atoms with Gasteiger partial charge in [0.05, 0.1) is 12.1 Å². The van der Waals surface area contributed by atoms with Crippen LogP contribution < -0.4 is 10.6 Å². The molecule has 0 bridgehead atoms. The molecule has 88 valence electrons. The molecule has 1 amide bonds. The van der Waals surface area contributed by atoms with E-state index in [1.54, 1.807) is 19.2 Å². The minimum absolute atomic E-state index is 0.0126. The molecule has 1 unspecified atom stereocenters. The average Bonchev–Trinajstić information content (AvgIpc) is 2.86. The number of rotatable bonds is 3. The van der Waals surface area contributed by atoms with Crippen molar-refractivity contribution in [3.8, 4) is 0 Å². The van der Waals surface area contributed by atoms with E-state index in [2.05, 4.69) is 26.6 Å². The van der Waals surface area contributed by atoms with Gasteiger partial charge in [-0.2, -0.15) is 0 Å². The fourth-order valence-electron chi connectivity index (χ4n) is 1.72. The molecular weight excluding hydrogens is 276 g/mol. The summed E-state index contributed by atoms with van der Waals surface area (Å²) in [5.74, 6) is 0.0788. The lowest BCUT2D eigenvalue weighted by atomic mass is 10.2. The van der Waals surface area contributed by atoms with E-state index >= 15 is 0 Å². The number of hydrogen-bond donors (Lipinski definition) is 2. The van der Waals surface area contributed by atoms with E-state index in [9.17, 15) is 4.79 Å². The first-order chi connectivity index (χ1) is 7.70. The van der Waals surface area contributed by atoms with Gasteiger partial charge in [-0.05, 0) is 28.1 Å². The third-order valence-electron chi connectivity index (χ3n) is 2.57. The minimum atomic E-state index is -0.221. The number of methoxy groups -OCH3 is 1. The van der Waals surface area contributed by atoms with Crippen LogP contribution in [-0.4, -0.2) is 38.3 Å². The first-order valence-electron chi connectivity index (χ1n) is 5.00. The van der Waals surface area contributed by atoms with Gasteiger partial charge in [-0.3, -0.25) is 4.79 Å². The van der Waals surface area contributed by atoms with E-state index in [0.29, 0.717) is 17.0 Å². The molecule has 0 aliphatic carbocycles. The van der Waals surface area contributed by atoms with Crippen LogP contribution in [-0.2, 0) is 4.74 Å². The van der Waals surface area contributed by atoms with Gasteiger partial charge < -0.3 is 19.8 Å². The number of carbonyl (C=O) groups excluding carboxylic acids is 1. The molecule has 1 aliphatic heterocycles. The Balaban J connectivity index is 1.97. The van der Waals surface area contributed by atoms with E-state index in [1.807, 2.05) is 0 Å². The normalized spacial score (nSPS) is 24.6. The van der Waals surface area contributed by atoms with Gasteiger partial charge in [-0.25, -0.2) is 0 Å². The zero-order chi connectivity index (χ0) is 11.5. The number of furan rings is 1. The van der Waals surface area contributed by atoms with Crippen LogP contribution in [0.5, 0.6) is 0 Å². The Morgan fingerprint density at radius 2 is 2.44 bits per heavy atom. The summed E-state index contributed by atoms with van der Waals surface area (Å²) in [4.78, 5) is 11.8. The highest BCUT2D eigenvalue weighted by Gasteiger charge is 2.29. The van der Waals surface area contributed by atoms with Crippen molar-refractivity contribution >= 4 is 21.8 Å². The number of amides is 1. The summed E-state index contributed by atoms with van der Waals surface area (Å²) in [7, 11) is 1.64. The van der Waals surface area contributed by atoms with E-state index in [0.717, 1.165) is 6.54 Å². The molecule has 0 radical (unpaired) electrons. The first kappa shape index (κ1) is 11.6. The lowest BCUT2D eigenvalue weighted by Gasteiger charge is -2.17. The van der Waals surface area contributed by atoms with Crippen molar-refractivity contribution in [2.75, 3.05) is 20.2 Å². The average molecular weight is 289 g/mol. The fraction of sp³-hybridized carbons (Fsp3) is 0.500. The summed E-state index contributed by atoms with van der Waals surface area (Å²) in [6, 6.07) is 3.31. The number of hydrogen-bond acceptors (Lipinski definition) is 4. The summed E-state index contributed by atoms with van der Waals surface area (Å²) < 4.78 is 11.0. The lowest BCUT2D eigenvalue weighted by molar-refractivity contribution is 0.0759. The van der Waals surface area contributed by atoms with Crippen LogP contribution in [0.4, 0.5) is 0 Å². The Morgan fingerprint density at radius 1 is 1.62 bits per heavy atom. The van der Waals surface area contributed by atoms with Crippen LogP contribution in [0.15, 0.2) is 21.2 Å². The lowest BCUT2D eigenvalue weighted by Crippen LogP contribution is -2.43. The Bertz CT molecular complexity index is 380. The number of carbonyl (C=O) groups is 1. The van der Waals surface area contributed by atoms with Crippen LogP contribution in [0.2, 0.25) is 0 Å². The second-order valence-electron chi connectivity index (χ2n) is 3.62. The van der Waals surface area contributed by atoms with Crippen molar-refractivity contribution in [3.05, 3.63) is 22.6 Å². The Morgan fingerprint density at radius 3 is 3.06 bits per heavy atom. The second kappa shape index (κ2) is 4.99. The van der Waals surface area contributed by atoms with Gasteiger partial charge in [0.1, 0.15) is 0 Å². The molecule has 1 saturated heterocycles. The minimum Gasteiger partial charge on any atom is -0.444 e. The van der Waals surface area contributed by atoms with Gasteiger partial charge in [0, 0.05) is 20.2 Å². The standard InChI is InChI=1S/C10H13BrN2O3/c1-15-8-5-12-4-6(8)13-10(14)7-2-3-9(11)16-7/h2-3,6,8,12H,4-5H2,1H3,(H,13,14)/t6?,8-/m0/s1. The Labute approximate surface area is 102 Å². The first-order valence-corrected chi connectivity index (χ1v) is 5.79. The third kappa shape index (κ3) is 2.45. The zero-order valence-corrected chi connectivity index (χ0v) is 10.4. The third-order valence-corrected chi connectivity index (χ3v) is 3.00. The molecule has 1 aromatic rings. The Hall–Kier alpha value is -0.850. The van der Waals surface area contributed by atoms with E-state index in [1.165, 1.54) is 0 Å². The highest BCUT2D eigenvalue weighted by molar-refractivity contribution is 9.10. The van der Waals surface area contributed by atoms with Crippen LogP contribution in [0.1, 0.15) is 10.6 Å². The van der Waals surface area contributed by atoms with Crippen LogP contribution in [0.25, 0.3) is 0 Å². The van der Waals surface area contributed by atoms with E-state index in [4.69, 9.17) is 9.15 Å². The maximum Gasteiger partial charge on any atom is 0.287 e. The van der Waals surface area contributed by atoms with Gasteiger partial charge in [-0.15, -0.1) is 0 Å². The van der Waals surface area contributed by atoms with Crippen LogP contribution in [0, 0.1) is 0 Å². The summed E-state index contributed by atoms with van der Waals surface area (Å²) in [5, 5.41) is 6.02. The monoisotopic (exact) mass is 288 g/mol. The van der Waals surface area contributed by atoms with Crippen molar-refractivity contribution in [2.24, 2.45) is 0 Å². The van der Waals surface area contributed by atoms with Crippen molar-refractivity contribution in [2.45, 2.75) is 12.1 Å². The number of nitrogens with one attached hydrogen (secondary N) is 2. The molecule has 2 N–H and O–H groups in total. The molecule has 0 spiro atoms. The molecule has 5 nitrogen and oxygen atoms in total. The van der Waals surface area contributed by atoms with Gasteiger partial charge in [-0.1, -0.05) is 0 Å². The summed E-state index contributed by atoms with van der Waals surface area (Å²) in [6.07, 6.45) is 0.0161. The molecule has 2 heterocycles. The molecule has 2 atom stereocenters. The van der Waals surface area contributed by atoms with Gasteiger partial charge in [0.15, 0.2) is 10.4 Å². The molecule has 0 saturated carbocycles. The molecule has 0 aromatic carbocycles. The highest BCUT2D eigenvalue weighted by Crippen LogP contribution is 2.14. The second-order valence-corrected chi connectivity index (χ2v) is 4.40. The maximum atomic E-state index is 11.8. The van der Waals surface area contributed by atoms with Crippen molar-refractivity contribution < 1.29 is 13.9 Å². The van der Waals surface area contributed by atoms with E-state index in [-0.39, 0.29) is 18.1 Å². The zero-order valence-electron chi connectivity index (χ0n) is 8.83. The molecule has 16 heavy (non-hydrogen) atoms. The molecule has 6 heteroatoms. The van der Waals surface area contributed by atoms with Crippen molar-refractivity contribution in [1.29, 1.82) is 0 Å². The maximum absolute atomic E-state index is 11.8. The molecule has 1 fully saturated rings. The van der Waals surface area contributed by atoms with Gasteiger partial charge >= 0.3 is 0 Å². The summed E-state index contributed by atoms with van der Waals surface area (Å²) in [5.41, 5.74) is 0. The molecule has 1 aromatic heterocycles. The molecule has 1 aliphatic rings. The van der Waals surface area contributed by atoms with Crippen LogP contribution in [0.3, 0.4) is 0 Å². The summed E-state index contributed by atoms with van der Waals surface area (Å²) >= 11 is 3.15. The van der Waals surface area contributed by atoms with Crippen molar-refractivity contribution in [1.82, 2.24) is 10.6 Å². The molecule has 2 rings (SSSR count). The number of halogens is 1. The fourth-order valence-corrected chi connectivity index (χ4v) is 2.03. The predicted octanol–water partition coefficient (Wildman–Crippen LogP) is 0.759. The van der Waals surface area contributed by atoms with Gasteiger partial charge in [0.2, 0.25) is 0 Å². The van der Waals surface area contributed by atoms with Gasteiger partial charge in [0.25, 0.3) is 5.91 Å². The van der Waals surface area contributed by atoms with Crippen LogP contribution >= 0.6 is 15.9 Å². The smallest absolute Gasteiger partial charge is 0.287 e. The summed E-state index contributed by atoms with van der Waals surface area (Å²) in [6.45, 7) is 1.47. The van der Waals surface area contributed by atoms with Crippen molar-refractivity contribution in [3.63, 3.8) is 0 Å². The molecular formula is C10H13BrN2O3. The predicted molar refractivity (Wildman–Crippen MR) is 61.3 cm³/mol. The van der Waals surface area contributed by atoms with E-state index < -0.39 is 0 Å². The highest BCUT2D eigenvalue weighted by atomic mass is 79.9. The topological polar surface area (TPSA) is 63.5 Å². The largest absolute Gasteiger partial charge is 0.444 e. The Kier molecular flexibility index (Phi) is 3.63. The quantitative estimate of drug-likeness (QED) is 0.862. The number of ether oxygens (including phenoxy) is 1. The SMILES string of the molecule is CO[C@H]1CNCC1NC(=O)c1ccc(Br)o1.